The van der Waals surface area contributed by atoms with Gasteiger partial charge in [-0.25, -0.2) is 23.6 Å². The van der Waals surface area contributed by atoms with Crippen LogP contribution in [-0.2, 0) is 6.42 Å². The van der Waals surface area contributed by atoms with Crippen molar-refractivity contribution in [2.75, 3.05) is 0 Å². The van der Waals surface area contributed by atoms with Gasteiger partial charge in [0.2, 0.25) is 0 Å². The fourth-order valence-corrected chi connectivity index (χ4v) is 2.28. The van der Waals surface area contributed by atoms with Gasteiger partial charge < -0.3 is 5.11 Å². The van der Waals surface area contributed by atoms with Crippen molar-refractivity contribution in [1.29, 1.82) is 0 Å². The van der Waals surface area contributed by atoms with Crippen LogP contribution < -0.4 is 5.69 Å². The predicted octanol–water partition coefficient (Wildman–Crippen LogP) is 1.99. The molecule has 116 valence electrons. The molecule has 0 unspecified atom stereocenters. The van der Waals surface area contributed by atoms with E-state index in [1.165, 1.54) is 34.9 Å². The zero-order chi connectivity index (χ0) is 16.4. The Morgan fingerprint density at radius 1 is 1.17 bits per heavy atom. The molecule has 0 spiro atoms. The molecule has 1 heterocycles. The molecule has 7 heteroatoms. The lowest BCUT2D eigenvalue weighted by atomic mass is 10.1. The molecule has 6 nitrogen and oxygen atoms in total. The smallest absolute Gasteiger partial charge is 0.347 e. The Bertz CT molecular complexity index is 913. The number of carboxylic acid groups (broad SMARTS) is 1. The van der Waals surface area contributed by atoms with E-state index in [1.807, 2.05) is 0 Å². The van der Waals surface area contributed by atoms with Crippen LogP contribution in [0.5, 0.6) is 0 Å². The summed E-state index contributed by atoms with van der Waals surface area (Å²) in [5.41, 5.74) is 0.510. The van der Waals surface area contributed by atoms with Gasteiger partial charge in [0.05, 0.1) is 11.3 Å². The molecule has 0 saturated carbocycles. The third kappa shape index (κ3) is 2.89. The quantitative estimate of drug-likeness (QED) is 0.771. The van der Waals surface area contributed by atoms with Gasteiger partial charge in [0, 0.05) is 6.42 Å². The summed E-state index contributed by atoms with van der Waals surface area (Å²) in [5, 5.41) is 15.2. The average Bonchev–Trinajstić information content (AvgIpc) is 2.90. The van der Waals surface area contributed by atoms with Gasteiger partial charge in [-0.15, -0.1) is 0 Å². The monoisotopic (exact) mass is 313 g/mol. The number of carboxylic acids is 1. The lowest BCUT2D eigenvalue weighted by Crippen LogP contribution is -2.17. The van der Waals surface area contributed by atoms with Crippen LogP contribution in [0.25, 0.3) is 5.69 Å². The number of benzene rings is 2. The molecule has 0 aliphatic carbocycles. The van der Waals surface area contributed by atoms with Crippen LogP contribution in [-0.4, -0.2) is 25.8 Å². The van der Waals surface area contributed by atoms with E-state index in [1.54, 1.807) is 18.2 Å². The van der Waals surface area contributed by atoms with Crippen molar-refractivity contribution in [2.24, 2.45) is 0 Å². The van der Waals surface area contributed by atoms with Crippen LogP contribution in [0.1, 0.15) is 21.7 Å². The third-order valence-electron chi connectivity index (χ3n) is 3.42. The molecule has 0 aliphatic rings. The molecule has 0 aliphatic heterocycles. The first-order chi connectivity index (χ1) is 11.1. The Balaban J connectivity index is 2.00. The summed E-state index contributed by atoms with van der Waals surface area (Å²) in [6, 6.07) is 12.0. The second-order valence-corrected chi connectivity index (χ2v) is 4.90. The Morgan fingerprint density at radius 3 is 2.52 bits per heavy atom. The maximum Gasteiger partial charge on any atom is 0.347 e. The van der Waals surface area contributed by atoms with Crippen molar-refractivity contribution in [2.45, 2.75) is 6.42 Å². The Hall–Kier alpha value is -3.22. The second kappa shape index (κ2) is 5.88. The molecule has 23 heavy (non-hydrogen) atoms. The highest BCUT2D eigenvalue weighted by molar-refractivity contribution is 5.87. The van der Waals surface area contributed by atoms with Crippen molar-refractivity contribution < 1.29 is 14.3 Å². The number of aromatic carboxylic acids is 1. The van der Waals surface area contributed by atoms with Gasteiger partial charge in [0.15, 0.2) is 0 Å². The summed E-state index contributed by atoms with van der Waals surface area (Å²) in [6.45, 7) is 0. The molecule has 0 saturated heterocycles. The summed E-state index contributed by atoms with van der Waals surface area (Å²) in [5.74, 6) is -1.10. The van der Waals surface area contributed by atoms with Crippen molar-refractivity contribution in [3.63, 3.8) is 0 Å². The molecule has 0 radical (unpaired) electrons. The van der Waals surface area contributed by atoms with Crippen LogP contribution in [0.15, 0.2) is 53.3 Å². The number of hydrogen-bond acceptors (Lipinski definition) is 3. The molecule has 3 aromatic rings. The minimum absolute atomic E-state index is 0.112. The lowest BCUT2D eigenvalue weighted by Gasteiger charge is -2.07. The number of carbonyl (C=O) groups is 1. The van der Waals surface area contributed by atoms with Crippen molar-refractivity contribution in [3.05, 3.63) is 81.8 Å². The van der Waals surface area contributed by atoms with Gasteiger partial charge in [0.25, 0.3) is 0 Å². The van der Waals surface area contributed by atoms with Crippen LogP contribution in [0.4, 0.5) is 4.39 Å². The SMILES string of the molecule is O=C(O)c1ccc(-n2c(Cc3ccccc3F)n[nH]c2=O)cc1. The van der Waals surface area contributed by atoms with Gasteiger partial charge in [-0.3, -0.25) is 0 Å². The van der Waals surface area contributed by atoms with Gasteiger partial charge >= 0.3 is 11.7 Å². The molecule has 2 aromatic carbocycles. The molecule has 3 rings (SSSR count). The normalized spacial score (nSPS) is 10.7. The predicted molar refractivity (Wildman–Crippen MR) is 80.4 cm³/mol. The lowest BCUT2D eigenvalue weighted by molar-refractivity contribution is 0.0697. The largest absolute Gasteiger partial charge is 0.478 e. The van der Waals surface area contributed by atoms with E-state index in [4.69, 9.17) is 5.11 Å². The first-order valence-corrected chi connectivity index (χ1v) is 6.79. The molecular weight excluding hydrogens is 301 g/mol. The standard InChI is InChI=1S/C16H12FN3O3/c17-13-4-2-1-3-11(13)9-14-18-19-16(23)20(14)12-7-5-10(6-8-12)15(21)22/h1-8H,9H2,(H,19,23)(H,21,22). The van der Waals surface area contributed by atoms with Crippen molar-refractivity contribution >= 4 is 5.97 Å². The maximum atomic E-state index is 13.8. The highest BCUT2D eigenvalue weighted by Gasteiger charge is 2.13. The van der Waals surface area contributed by atoms with E-state index in [0.717, 1.165) is 0 Å². The highest BCUT2D eigenvalue weighted by Crippen LogP contribution is 2.14. The summed E-state index contributed by atoms with van der Waals surface area (Å²) in [4.78, 5) is 22.9. The molecular formula is C16H12FN3O3. The summed E-state index contributed by atoms with van der Waals surface area (Å²) in [7, 11) is 0. The van der Waals surface area contributed by atoms with E-state index >= 15 is 0 Å². The van der Waals surface area contributed by atoms with Gasteiger partial charge in [0.1, 0.15) is 11.6 Å². The van der Waals surface area contributed by atoms with Gasteiger partial charge in [-0.2, -0.15) is 5.10 Å². The number of nitrogens with one attached hydrogen (secondary N) is 1. The summed E-state index contributed by atoms with van der Waals surface area (Å²) < 4.78 is 15.1. The molecule has 0 atom stereocenters. The molecule has 2 N–H and O–H groups in total. The number of rotatable bonds is 4. The van der Waals surface area contributed by atoms with Gasteiger partial charge in [-0.1, -0.05) is 18.2 Å². The average molecular weight is 313 g/mol. The second-order valence-electron chi connectivity index (χ2n) is 4.90. The van der Waals surface area contributed by atoms with Crippen molar-refractivity contribution in [1.82, 2.24) is 14.8 Å². The zero-order valence-corrected chi connectivity index (χ0v) is 11.9. The topological polar surface area (TPSA) is 88.0 Å². The highest BCUT2D eigenvalue weighted by atomic mass is 19.1. The number of H-pyrrole nitrogens is 1. The van der Waals surface area contributed by atoms with Crippen LogP contribution in [0, 0.1) is 5.82 Å². The van der Waals surface area contributed by atoms with Crippen LogP contribution in [0.3, 0.4) is 0 Å². The number of aromatic nitrogens is 3. The summed E-state index contributed by atoms with van der Waals surface area (Å²) in [6.07, 6.45) is 0.131. The first-order valence-electron chi connectivity index (χ1n) is 6.79. The van der Waals surface area contributed by atoms with E-state index in [0.29, 0.717) is 17.1 Å². The van der Waals surface area contributed by atoms with E-state index in [2.05, 4.69) is 10.2 Å². The Morgan fingerprint density at radius 2 is 1.87 bits per heavy atom. The number of halogens is 1. The molecule has 0 amide bonds. The maximum absolute atomic E-state index is 13.8. The fraction of sp³-hybridized carbons (Fsp3) is 0.0625. The Kier molecular flexibility index (Phi) is 3.76. The van der Waals surface area contributed by atoms with E-state index < -0.39 is 11.7 Å². The van der Waals surface area contributed by atoms with Crippen molar-refractivity contribution in [3.8, 4) is 5.69 Å². The number of nitrogens with zero attached hydrogens (tertiary/aromatic N) is 2. The first kappa shape index (κ1) is 14.7. The zero-order valence-electron chi connectivity index (χ0n) is 11.9. The minimum atomic E-state index is -1.05. The van der Waals surface area contributed by atoms with Gasteiger partial charge in [-0.05, 0) is 35.9 Å². The molecule has 0 fully saturated rings. The van der Waals surface area contributed by atoms with E-state index in [-0.39, 0.29) is 17.8 Å². The minimum Gasteiger partial charge on any atom is -0.478 e. The third-order valence-corrected chi connectivity index (χ3v) is 3.42. The molecule has 1 aromatic heterocycles. The van der Waals surface area contributed by atoms with E-state index in [9.17, 15) is 14.0 Å². The fourth-order valence-electron chi connectivity index (χ4n) is 2.28. The van der Waals surface area contributed by atoms with Crippen LogP contribution >= 0.6 is 0 Å². The van der Waals surface area contributed by atoms with Crippen LogP contribution in [0.2, 0.25) is 0 Å². The Labute approximate surface area is 129 Å². The number of aromatic amines is 1. The molecule has 0 bridgehead atoms. The summed E-state index contributed by atoms with van der Waals surface area (Å²) >= 11 is 0. The number of hydrogen-bond donors (Lipinski definition) is 2.